The summed E-state index contributed by atoms with van der Waals surface area (Å²) in [6, 6.07) is 13.4. The number of amides is 1. The number of anilines is 1. The van der Waals surface area contributed by atoms with E-state index < -0.39 is 0 Å². The quantitative estimate of drug-likeness (QED) is 0.682. The zero-order chi connectivity index (χ0) is 18.3. The Labute approximate surface area is 156 Å². The van der Waals surface area contributed by atoms with E-state index in [1.807, 2.05) is 37.3 Å². The average molecular weight is 368 g/mol. The van der Waals surface area contributed by atoms with E-state index in [2.05, 4.69) is 17.1 Å². The maximum atomic E-state index is 12.5. The summed E-state index contributed by atoms with van der Waals surface area (Å²) >= 11 is 6.02. The molecule has 26 heavy (non-hydrogen) atoms. The van der Waals surface area contributed by atoms with E-state index in [1.165, 1.54) is 11.1 Å². The van der Waals surface area contributed by atoms with Crippen LogP contribution in [0.5, 0.6) is 0 Å². The molecule has 0 spiro atoms. The van der Waals surface area contributed by atoms with E-state index in [9.17, 15) is 4.79 Å². The second kappa shape index (κ2) is 6.57. The highest BCUT2D eigenvalue weighted by atomic mass is 35.5. The van der Waals surface area contributed by atoms with Crippen molar-refractivity contribution in [3.8, 4) is 11.4 Å². The Kier molecular flexibility index (Phi) is 4.24. The van der Waals surface area contributed by atoms with E-state index in [-0.39, 0.29) is 11.8 Å². The molecule has 1 saturated heterocycles. The van der Waals surface area contributed by atoms with Crippen molar-refractivity contribution in [1.82, 2.24) is 10.1 Å². The molecule has 0 saturated carbocycles. The number of aromatic nitrogens is 2. The lowest BCUT2D eigenvalue weighted by Gasteiger charge is -2.17. The zero-order valence-corrected chi connectivity index (χ0v) is 15.3. The van der Waals surface area contributed by atoms with Crippen molar-refractivity contribution >= 4 is 23.2 Å². The summed E-state index contributed by atoms with van der Waals surface area (Å²) in [6.07, 6.45) is 0.365. The Morgan fingerprint density at radius 3 is 2.77 bits per heavy atom. The van der Waals surface area contributed by atoms with Gasteiger partial charge in [-0.15, -0.1) is 0 Å². The van der Waals surface area contributed by atoms with Gasteiger partial charge < -0.3 is 9.42 Å². The molecule has 2 aromatic carbocycles. The molecule has 1 amide bonds. The van der Waals surface area contributed by atoms with Crippen LogP contribution in [0.4, 0.5) is 5.69 Å². The molecular weight excluding hydrogens is 350 g/mol. The third kappa shape index (κ3) is 3.10. The first-order valence-corrected chi connectivity index (χ1v) is 8.86. The van der Waals surface area contributed by atoms with Gasteiger partial charge in [0.2, 0.25) is 17.6 Å². The van der Waals surface area contributed by atoms with Gasteiger partial charge in [-0.2, -0.15) is 4.98 Å². The molecule has 1 aromatic heterocycles. The van der Waals surface area contributed by atoms with Gasteiger partial charge in [-0.05, 0) is 49.2 Å². The van der Waals surface area contributed by atoms with Gasteiger partial charge >= 0.3 is 0 Å². The predicted octanol–water partition coefficient (Wildman–Crippen LogP) is 4.53. The van der Waals surface area contributed by atoms with Crippen molar-refractivity contribution in [2.75, 3.05) is 11.4 Å². The van der Waals surface area contributed by atoms with Crippen LogP contribution >= 0.6 is 11.6 Å². The second-order valence-corrected chi connectivity index (χ2v) is 7.08. The summed E-state index contributed by atoms with van der Waals surface area (Å²) in [5.41, 5.74) is 4.08. The van der Waals surface area contributed by atoms with Gasteiger partial charge in [-0.25, -0.2) is 0 Å². The molecule has 0 unspecified atom stereocenters. The fourth-order valence-corrected chi connectivity index (χ4v) is 3.35. The highest BCUT2D eigenvalue weighted by molar-refractivity contribution is 6.30. The van der Waals surface area contributed by atoms with E-state index >= 15 is 0 Å². The SMILES string of the molecule is Cc1ccc(N2C[C@@H](c3nc(-c4cccc(Cl)c4)no3)CC2=O)cc1C. The van der Waals surface area contributed by atoms with Gasteiger partial charge in [0.05, 0.1) is 5.92 Å². The molecule has 132 valence electrons. The first kappa shape index (κ1) is 16.8. The lowest BCUT2D eigenvalue weighted by atomic mass is 10.1. The van der Waals surface area contributed by atoms with Crippen LogP contribution in [0.3, 0.4) is 0 Å². The molecule has 0 bridgehead atoms. The zero-order valence-electron chi connectivity index (χ0n) is 14.6. The average Bonchev–Trinajstić information content (AvgIpc) is 3.24. The second-order valence-electron chi connectivity index (χ2n) is 6.64. The van der Waals surface area contributed by atoms with Crippen LogP contribution in [-0.4, -0.2) is 22.6 Å². The Hall–Kier alpha value is -2.66. The molecule has 3 aromatic rings. The van der Waals surface area contributed by atoms with Crippen LogP contribution in [0.2, 0.25) is 5.02 Å². The fourth-order valence-electron chi connectivity index (χ4n) is 3.16. The number of nitrogens with zero attached hydrogens (tertiary/aromatic N) is 3. The summed E-state index contributed by atoms with van der Waals surface area (Å²) in [5, 5.41) is 4.66. The third-order valence-corrected chi connectivity index (χ3v) is 5.04. The molecular formula is C20H18ClN3O2. The maximum Gasteiger partial charge on any atom is 0.232 e. The minimum absolute atomic E-state index is 0.0701. The Balaban J connectivity index is 1.56. The molecule has 6 heteroatoms. The third-order valence-electron chi connectivity index (χ3n) is 4.80. The van der Waals surface area contributed by atoms with E-state index in [0.29, 0.717) is 29.7 Å². The van der Waals surface area contributed by atoms with Crippen LogP contribution in [0.1, 0.15) is 29.4 Å². The summed E-state index contributed by atoms with van der Waals surface area (Å²) in [4.78, 5) is 18.8. The largest absolute Gasteiger partial charge is 0.339 e. The van der Waals surface area contributed by atoms with Gasteiger partial charge in [0, 0.05) is 29.2 Å². The van der Waals surface area contributed by atoms with Crippen molar-refractivity contribution in [2.45, 2.75) is 26.2 Å². The first-order chi connectivity index (χ1) is 12.5. The number of hydrogen-bond donors (Lipinski definition) is 0. The summed E-state index contributed by atoms with van der Waals surface area (Å²) in [6.45, 7) is 4.65. The number of aryl methyl sites for hydroxylation is 2. The van der Waals surface area contributed by atoms with E-state index in [1.54, 1.807) is 17.0 Å². The summed E-state index contributed by atoms with van der Waals surface area (Å²) < 4.78 is 5.44. The highest BCUT2D eigenvalue weighted by Gasteiger charge is 2.35. The smallest absolute Gasteiger partial charge is 0.232 e. The van der Waals surface area contributed by atoms with Crippen LogP contribution in [0.25, 0.3) is 11.4 Å². The molecule has 1 fully saturated rings. The lowest BCUT2D eigenvalue weighted by Crippen LogP contribution is -2.24. The van der Waals surface area contributed by atoms with Crippen molar-refractivity contribution in [3.05, 3.63) is 64.5 Å². The molecule has 0 N–H and O–H groups in total. The minimum Gasteiger partial charge on any atom is -0.339 e. The molecule has 0 radical (unpaired) electrons. The molecule has 5 nitrogen and oxygen atoms in total. The number of carbonyl (C=O) groups is 1. The van der Waals surface area contributed by atoms with Crippen molar-refractivity contribution < 1.29 is 9.32 Å². The Morgan fingerprint density at radius 1 is 1.15 bits per heavy atom. The van der Waals surface area contributed by atoms with Gasteiger partial charge in [-0.3, -0.25) is 4.79 Å². The van der Waals surface area contributed by atoms with Crippen molar-refractivity contribution in [3.63, 3.8) is 0 Å². The summed E-state index contributed by atoms with van der Waals surface area (Å²) in [5.74, 6) is 0.935. The number of carbonyl (C=O) groups excluding carboxylic acids is 1. The highest BCUT2D eigenvalue weighted by Crippen LogP contribution is 2.32. The number of rotatable bonds is 3. The van der Waals surface area contributed by atoms with E-state index in [0.717, 1.165) is 11.3 Å². The van der Waals surface area contributed by atoms with Crippen LogP contribution in [0.15, 0.2) is 47.0 Å². The molecule has 2 heterocycles. The Morgan fingerprint density at radius 2 is 2.00 bits per heavy atom. The van der Waals surface area contributed by atoms with Gasteiger partial charge in [0.15, 0.2) is 0 Å². The molecule has 1 aliphatic rings. The van der Waals surface area contributed by atoms with Gasteiger partial charge in [-0.1, -0.05) is 35.0 Å². The Bertz CT molecular complexity index is 983. The fraction of sp³-hybridized carbons (Fsp3) is 0.250. The predicted molar refractivity (Wildman–Crippen MR) is 100 cm³/mol. The number of hydrogen-bond acceptors (Lipinski definition) is 4. The van der Waals surface area contributed by atoms with Crippen LogP contribution in [-0.2, 0) is 4.79 Å². The standard InChI is InChI=1S/C20H18ClN3O2/c1-12-6-7-17(8-13(12)2)24-11-15(10-18(24)25)20-22-19(23-26-20)14-4-3-5-16(21)9-14/h3-9,15H,10-11H2,1-2H3/t15-/m0/s1. The van der Waals surface area contributed by atoms with Crippen LogP contribution in [0, 0.1) is 13.8 Å². The minimum atomic E-state index is -0.107. The first-order valence-electron chi connectivity index (χ1n) is 8.48. The molecule has 1 aliphatic heterocycles. The lowest BCUT2D eigenvalue weighted by molar-refractivity contribution is -0.117. The van der Waals surface area contributed by atoms with Gasteiger partial charge in [0.25, 0.3) is 0 Å². The molecule has 4 rings (SSSR count). The van der Waals surface area contributed by atoms with Crippen molar-refractivity contribution in [1.29, 1.82) is 0 Å². The van der Waals surface area contributed by atoms with Crippen LogP contribution < -0.4 is 4.90 Å². The topological polar surface area (TPSA) is 59.2 Å². The van der Waals surface area contributed by atoms with Gasteiger partial charge in [0.1, 0.15) is 0 Å². The number of benzene rings is 2. The van der Waals surface area contributed by atoms with Crippen molar-refractivity contribution in [2.24, 2.45) is 0 Å². The summed E-state index contributed by atoms with van der Waals surface area (Å²) in [7, 11) is 0. The monoisotopic (exact) mass is 367 g/mol. The number of halogens is 1. The molecule has 1 atom stereocenters. The van der Waals surface area contributed by atoms with E-state index in [4.69, 9.17) is 16.1 Å². The maximum absolute atomic E-state index is 12.5. The molecule has 0 aliphatic carbocycles. The normalized spacial score (nSPS) is 17.1.